The highest BCUT2D eigenvalue weighted by Gasteiger charge is 2.36. The second-order valence-corrected chi connectivity index (χ2v) is 8.51. The molecule has 3 aromatic rings. The van der Waals surface area contributed by atoms with Crippen LogP contribution in [0, 0.1) is 5.41 Å². The van der Waals surface area contributed by atoms with Crippen molar-refractivity contribution in [2.24, 2.45) is 12.5 Å². The summed E-state index contributed by atoms with van der Waals surface area (Å²) in [6.45, 7) is 7.61. The SMILES string of the molecule is CC(CNc1nc(NC2CC(C)(C)C2)c2cnn(C)c2n1)c1ccccc1. The summed E-state index contributed by atoms with van der Waals surface area (Å²) in [6, 6.07) is 11.0. The van der Waals surface area contributed by atoms with E-state index in [2.05, 4.69) is 65.8 Å². The van der Waals surface area contributed by atoms with Gasteiger partial charge in [-0.25, -0.2) is 0 Å². The Morgan fingerprint density at radius 3 is 2.63 bits per heavy atom. The van der Waals surface area contributed by atoms with Gasteiger partial charge in [0, 0.05) is 19.6 Å². The highest BCUT2D eigenvalue weighted by molar-refractivity contribution is 5.87. The van der Waals surface area contributed by atoms with Gasteiger partial charge in [0.25, 0.3) is 0 Å². The van der Waals surface area contributed by atoms with Crippen LogP contribution in [0.3, 0.4) is 0 Å². The van der Waals surface area contributed by atoms with E-state index in [4.69, 9.17) is 4.98 Å². The molecule has 1 fully saturated rings. The molecule has 0 aliphatic heterocycles. The van der Waals surface area contributed by atoms with Gasteiger partial charge in [0.05, 0.1) is 11.6 Å². The Kier molecular flexibility index (Phi) is 4.50. The lowest BCUT2D eigenvalue weighted by Crippen LogP contribution is -2.41. The zero-order chi connectivity index (χ0) is 19.0. The average molecular weight is 364 g/mol. The number of anilines is 2. The Labute approximate surface area is 160 Å². The van der Waals surface area contributed by atoms with Gasteiger partial charge >= 0.3 is 0 Å². The summed E-state index contributed by atoms with van der Waals surface area (Å²) in [5.74, 6) is 1.90. The summed E-state index contributed by atoms with van der Waals surface area (Å²) in [4.78, 5) is 9.44. The quantitative estimate of drug-likeness (QED) is 0.687. The Morgan fingerprint density at radius 2 is 1.93 bits per heavy atom. The first-order chi connectivity index (χ1) is 12.9. The summed E-state index contributed by atoms with van der Waals surface area (Å²) < 4.78 is 1.80. The number of nitrogens with one attached hydrogen (secondary N) is 2. The first-order valence-corrected chi connectivity index (χ1v) is 9.66. The third-order valence-electron chi connectivity index (χ3n) is 5.47. The predicted octanol–water partition coefficient (Wildman–Crippen LogP) is 4.18. The van der Waals surface area contributed by atoms with Crippen molar-refractivity contribution in [1.29, 1.82) is 0 Å². The predicted molar refractivity (Wildman–Crippen MR) is 110 cm³/mol. The monoisotopic (exact) mass is 364 g/mol. The first kappa shape index (κ1) is 17.8. The van der Waals surface area contributed by atoms with Gasteiger partial charge in [0.15, 0.2) is 5.65 Å². The molecule has 0 bridgehead atoms. The number of aromatic nitrogens is 4. The van der Waals surface area contributed by atoms with Gasteiger partial charge in [-0.1, -0.05) is 51.1 Å². The maximum atomic E-state index is 4.76. The summed E-state index contributed by atoms with van der Waals surface area (Å²) in [7, 11) is 1.92. The van der Waals surface area contributed by atoms with Crippen molar-refractivity contribution in [3.8, 4) is 0 Å². The van der Waals surface area contributed by atoms with E-state index < -0.39 is 0 Å². The van der Waals surface area contributed by atoms with Crippen LogP contribution in [0.5, 0.6) is 0 Å². The standard InChI is InChI=1S/C21H28N6/c1-14(15-8-6-5-7-9-15)12-22-20-25-18(24-16-10-21(2,3)11-16)17-13-23-27(4)19(17)26-20/h5-9,13-14,16H,10-12H2,1-4H3,(H2,22,24,25,26). The Bertz CT molecular complexity index is 922. The number of rotatable bonds is 6. The number of hydrogen-bond acceptors (Lipinski definition) is 5. The second-order valence-electron chi connectivity index (χ2n) is 8.51. The molecule has 1 aliphatic rings. The van der Waals surface area contributed by atoms with Crippen LogP contribution in [0.15, 0.2) is 36.5 Å². The molecule has 1 unspecified atom stereocenters. The van der Waals surface area contributed by atoms with Crippen molar-refractivity contribution < 1.29 is 0 Å². The van der Waals surface area contributed by atoms with Crippen LogP contribution in [0.1, 0.15) is 45.1 Å². The van der Waals surface area contributed by atoms with E-state index in [0.717, 1.165) is 36.2 Å². The summed E-state index contributed by atoms with van der Waals surface area (Å²) in [5.41, 5.74) is 2.58. The van der Waals surface area contributed by atoms with Crippen LogP contribution in [0.2, 0.25) is 0 Å². The van der Waals surface area contributed by atoms with Gasteiger partial charge in [-0.2, -0.15) is 15.1 Å². The van der Waals surface area contributed by atoms with Crippen LogP contribution in [0.25, 0.3) is 11.0 Å². The number of benzene rings is 1. The van der Waals surface area contributed by atoms with E-state index in [1.54, 1.807) is 4.68 Å². The molecule has 1 aliphatic carbocycles. The molecule has 27 heavy (non-hydrogen) atoms. The van der Waals surface area contributed by atoms with Crippen molar-refractivity contribution in [3.63, 3.8) is 0 Å². The number of aryl methyl sites for hydroxylation is 1. The molecule has 2 N–H and O–H groups in total. The third kappa shape index (κ3) is 3.75. The molecule has 0 radical (unpaired) electrons. The molecule has 6 nitrogen and oxygen atoms in total. The van der Waals surface area contributed by atoms with E-state index >= 15 is 0 Å². The number of nitrogens with zero attached hydrogens (tertiary/aromatic N) is 4. The zero-order valence-corrected chi connectivity index (χ0v) is 16.5. The first-order valence-electron chi connectivity index (χ1n) is 9.66. The average Bonchev–Trinajstić information content (AvgIpc) is 3.00. The lowest BCUT2D eigenvalue weighted by Gasteiger charge is -2.43. The van der Waals surface area contributed by atoms with E-state index in [1.165, 1.54) is 5.56 Å². The molecule has 4 rings (SSSR count). The van der Waals surface area contributed by atoms with E-state index in [0.29, 0.717) is 23.3 Å². The molecule has 142 valence electrons. The van der Waals surface area contributed by atoms with E-state index in [9.17, 15) is 0 Å². The Morgan fingerprint density at radius 1 is 1.19 bits per heavy atom. The smallest absolute Gasteiger partial charge is 0.226 e. The summed E-state index contributed by atoms with van der Waals surface area (Å²) in [5, 5.41) is 12.4. The van der Waals surface area contributed by atoms with E-state index in [-0.39, 0.29) is 0 Å². The molecule has 0 amide bonds. The van der Waals surface area contributed by atoms with Gasteiger partial charge in [0.1, 0.15) is 5.82 Å². The summed E-state index contributed by atoms with van der Waals surface area (Å²) >= 11 is 0. The van der Waals surface area contributed by atoms with Crippen molar-refractivity contribution in [2.75, 3.05) is 17.2 Å². The van der Waals surface area contributed by atoms with Gasteiger partial charge in [-0.15, -0.1) is 0 Å². The highest BCUT2D eigenvalue weighted by Crippen LogP contribution is 2.41. The van der Waals surface area contributed by atoms with Crippen LogP contribution < -0.4 is 10.6 Å². The molecule has 2 aromatic heterocycles. The van der Waals surface area contributed by atoms with Crippen molar-refractivity contribution >= 4 is 22.8 Å². The van der Waals surface area contributed by atoms with Crippen LogP contribution >= 0.6 is 0 Å². The van der Waals surface area contributed by atoms with Crippen molar-refractivity contribution in [2.45, 2.75) is 45.6 Å². The summed E-state index contributed by atoms with van der Waals surface area (Å²) in [6.07, 6.45) is 4.16. The molecule has 2 heterocycles. The molecule has 1 aromatic carbocycles. The van der Waals surface area contributed by atoms with Gasteiger partial charge in [-0.05, 0) is 29.7 Å². The van der Waals surface area contributed by atoms with E-state index in [1.807, 2.05) is 19.3 Å². The fourth-order valence-corrected chi connectivity index (χ4v) is 3.92. The minimum atomic E-state index is 0.376. The van der Waals surface area contributed by atoms with Crippen LogP contribution in [-0.2, 0) is 7.05 Å². The molecule has 1 atom stereocenters. The highest BCUT2D eigenvalue weighted by atomic mass is 15.3. The number of hydrogen-bond donors (Lipinski definition) is 2. The number of fused-ring (bicyclic) bond motifs is 1. The molecule has 0 spiro atoms. The lowest BCUT2D eigenvalue weighted by atomic mass is 9.68. The third-order valence-corrected chi connectivity index (χ3v) is 5.47. The molecule has 0 saturated heterocycles. The minimum Gasteiger partial charge on any atom is -0.367 e. The molecular weight excluding hydrogens is 336 g/mol. The Hall–Kier alpha value is -2.63. The maximum Gasteiger partial charge on any atom is 0.226 e. The normalized spacial score (nSPS) is 17.5. The fraction of sp³-hybridized carbons (Fsp3) is 0.476. The fourth-order valence-electron chi connectivity index (χ4n) is 3.92. The second kappa shape index (κ2) is 6.83. The van der Waals surface area contributed by atoms with Crippen molar-refractivity contribution in [1.82, 2.24) is 19.7 Å². The Balaban J connectivity index is 1.53. The maximum absolute atomic E-state index is 4.76. The van der Waals surface area contributed by atoms with Crippen LogP contribution in [0.4, 0.5) is 11.8 Å². The van der Waals surface area contributed by atoms with Crippen molar-refractivity contribution in [3.05, 3.63) is 42.1 Å². The largest absolute Gasteiger partial charge is 0.367 e. The molecule has 1 saturated carbocycles. The van der Waals surface area contributed by atoms with Gasteiger partial charge in [0.2, 0.25) is 5.95 Å². The van der Waals surface area contributed by atoms with Crippen LogP contribution in [-0.4, -0.2) is 32.3 Å². The minimum absolute atomic E-state index is 0.376. The molecular formula is C21H28N6. The topological polar surface area (TPSA) is 67.7 Å². The zero-order valence-electron chi connectivity index (χ0n) is 16.5. The van der Waals surface area contributed by atoms with Gasteiger partial charge in [-0.3, -0.25) is 4.68 Å². The van der Waals surface area contributed by atoms with Gasteiger partial charge < -0.3 is 10.6 Å². The lowest BCUT2D eigenvalue weighted by molar-refractivity contribution is 0.167. The molecule has 6 heteroatoms.